The Kier molecular flexibility index (Phi) is 6.01. The normalized spacial score (nSPS) is 10.9. The van der Waals surface area contributed by atoms with Gasteiger partial charge in [0.25, 0.3) is 0 Å². The maximum atomic E-state index is 5.39. The molecule has 0 saturated heterocycles. The van der Waals surface area contributed by atoms with Crippen LogP contribution in [-0.2, 0) is 6.42 Å². The Morgan fingerprint density at radius 3 is 2.65 bits per heavy atom. The summed E-state index contributed by atoms with van der Waals surface area (Å²) in [4.78, 5) is 0. The van der Waals surface area contributed by atoms with E-state index in [1.807, 2.05) is 7.05 Å². The van der Waals surface area contributed by atoms with Gasteiger partial charge in [0, 0.05) is 13.2 Å². The van der Waals surface area contributed by atoms with Gasteiger partial charge in [-0.3, -0.25) is 0 Å². The number of ether oxygens (including phenoxy) is 1. The zero-order valence-electron chi connectivity index (χ0n) is 11.3. The van der Waals surface area contributed by atoms with Crippen LogP contribution in [-0.4, -0.2) is 27.4 Å². The van der Waals surface area contributed by atoms with E-state index < -0.39 is 0 Å². The van der Waals surface area contributed by atoms with Crippen molar-refractivity contribution >= 4 is 0 Å². The topological polar surface area (TPSA) is 33.3 Å². The van der Waals surface area contributed by atoms with Gasteiger partial charge >= 0.3 is 0 Å². The minimum Gasteiger partial charge on any atom is -0.496 e. The fraction of sp³-hybridized carbons (Fsp3) is 0.571. The maximum absolute atomic E-state index is 5.39. The van der Waals surface area contributed by atoms with E-state index in [1.54, 1.807) is 7.11 Å². The highest BCUT2D eigenvalue weighted by molar-refractivity contribution is 5.38. The maximum Gasteiger partial charge on any atom is 0.122 e. The van der Waals surface area contributed by atoms with E-state index in [0.29, 0.717) is 5.92 Å². The Balaban J connectivity index is 2.69. The first-order valence-electron chi connectivity index (χ1n) is 6.21. The summed E-state index contributed by atoms with van der Waals surface area (Å²) >= 11 is 0. The van der Waals surface area contributed by atoms with Gasteiger partial charge in [-0.25, -0.2) is 0 Å². The molecular formula is C14H24N2O. The van der Waals surface area contributed by atoms with Crippen molar-refractivity contribution in [3.8, 4) is 5.75 Å². The molecule has 0 spiro atoms. The smallest absolute Gasteiger partial charge is 0.122 e. The molecule has 0 aliphatic rings. The Morgan fingerprint density at radius 1 is 1.29 bits per heavy atom. The summed E-state index contributed by atoms with van der Waals surface area (Å²) in [5, 5.41) is 6.39. The number of benzene rings is 1. The van der Waals surface area contributed by atoms with Crippen molar-refractivity contribution in [3.63, 3.8) is 0 Å². The molecule has 0 aromatic heterocycles. The Bertz CT molecular complexity index is 337. The van der Waals surface area contributed by atoms with E-state index in [2.05, 4.69) is 42.7 Å². The molecule has 0 aliphatic heterocycles. The third-order valence-electron chi connectivity index (χ3n) is 2.84. The van der Waals surface area contributed by atoms with Gasteiger partial charge in [0.15, 0.2) is 0 Å². The van der Waals surface area contributed by atoms with Gasteiger partial charge in [-0.05, 0) is 36.6 Å². The Hall–Kier alpha value is -1.06. The van der Waals surface area contributed by atoms with Crippen LogP contribution >= 0.6 is 0 Å². The molecule has 0 saturated carbocycles. The zero-order chi connectivity index (χ0) is 12.7. The molecule has 17 heavy (non-hydrogen) atoms. The van der Waals surface area contributed by atoms with Gasteiger partial charge < -0.3 is 15.4 Å². The summed E-state index contributed by atoms with van der Waals surface area (Å²) in [5.41, 5.74) is 2.65. The second-order valence-corrected chi connectivity index (χ2v) is 4.51. The van der Waals surface area contributed by atoms with Gasteiger partial charge in [0.1, 0.15) is 5.75 Å². The number of hydrogen-bond donors (Lipinski definition) is 2. The molecule has 0 aliphatic carbocycles. The molecule has 0 heterocycles. The van der Waals surface area contributed by atoms with E-state index in [1.165, 1.54) is 11.1 Å². The predicted octanol–water partition coefficient (Wildman–Crippen LogP) is 2.13. The first-order chi connectivity index (χ1) is 8.19. The summed E-state index contributed by atoms with van der Waals surface area (Å²) in [6, 6.07) is 6.47. The first-order valence-corrected chi connectivity index (χ1v) is 6.21. The highest BCUT2D eigenvalue weighted by atomic mass is 16.5. The van der Waals surface area contributed by atoms with Crippen molar-refractivity contribution in [1.29, 1.82) is 0 Å². The lowest BCUT2D eigenvalue weighted by molar-refractivity contribution is 0.408. The lowest BCUT2D eigenvalue weighted by Crippen LogP contribution is -2.27. The van der Waals surface area contributed by atoms with Crippen LogP contribution < -0.4 is 15.4 Å². The zero-order valence-corrected chi connectivity index (χ0v) is 11.3. The predicted molar refractivity (Wildman–Crippen MR) is 72.7 cm³/mol. The summed E-state index contributed by atoms with van der Waals surface area (Å²) in [6.45, 7) is 6.22. The molecule has 0 bridgehead atoms. The highest BCUT2D eigenvalue weighted by Crippen LogP contribution is 2.24. The molecule has 0 radical (unpaired) electrons. The SMILES string of the molecule is CNCNCCc1cc(C(C)C)ccc1OC. The number of methoxy groups -OCH3 is 1. The fourth-order valence-corrected chi connectivity index (χ4v) is 1.79. The average molecular weight is 236 g/mol. The number of nitrogens with one attached hydrogen (secondary N) is 2. The van der Waals surface area contributed by atoms with Crippen molar-refractivity contribution in [2.45, 2.75) is 26.2 Å². The van der Waals surface area contributed by atoms with Crippen molar-refractivity contribution in [2.75, 3.05) is 27.4 Å². The molecule has 1 aromatic rings. The van der Waals surface area contributed by atoms with Crippen LogP contribution in [0.2, 0.25) is 0 Å². The van der Waals surface area contributed by atoms with Crippen LogP contribution in [0.1, 0.15) is 30.9 Å². The van der Waals surface area contributed by atoms with Crippen LogP contribution in [0.5, 0.6) is 5.75 Å². The molecule has 96 valence electrons. The van der Waals surface area contributed by atoms with Crippen LogP contribution in [0.3, 0.4) is 0 Å². The molecular weight excluding hydrogens is 212 g/mol. The largest absolute Gasteiger partial charge is 0.496 e. The van der Waals surface area contributed by atoms with E-state index >= 15 is 0 Å². The van der Waals surface area contributed by atoms with E-state index in [9.17, 15) is 0 Å². The molecule has 0 fully saturated rings. The monoisotopic (exact) mass is 236 g/mol. The summed E-state index contributed by atoms with van der Waals surface area (Å²) < 4.78 is 5.39. The second-order valence-electron chi connectivity index (χ2n) is 4.51. The van der Waals surface area contributed by atoms with E-state index in [-0.39, 0.29) is 0 Å². The lowest BCUT2D eigenvalue weighted by atomic mass is 9.99. The molecule has 1 aromatic carbocycles. The number of hydrogen-bond acceptors (Lipinski definition) is 3. The van der Waals surface area contributed by atoms with Crippen LogP contribution in [0.15, 0.2) is 18.2 Å². The van der Waals surface area contributed by atoms with Gasteiger partial charge in [-0.2, -0.15) is 0 Å². The minimum atomic E-state index is 0.560. The van der Waals surface area contributed by atoms with Gasteiger partial charge in [0.2, 0.25) is 0 Å². The molecule has 3 nitrogen and oxygen atoms in total. The summed E-state index contributed by atoms with van der Waals surface area (Å²) in [7, 11) is 3.67. The first kappa shape index (κ1) is 14.0. The third-order valence-corrected chi connectivity index (χ3v) is 2.84. The van der Waals surface area contributed by atoms with Crippen LogP contribution in [0, 0.1) is 0 Å². The van der Waals surface area contributed by atoms with Gasteiger partial charge in [0.05, 0.1) is 7.11 Å². The summed E-state index contributed by atoms with van der Waals surface area (Å²) in [6.07, 6.45) is 0.991. The molecule has 2 N–H and O–H groups in total. The molecule has 0 unspecified atom stereocenters. The second kappa shape index (κ2) is 7.30. The van der Waals surface area contributed by atoms with Crippen molar-refractivity contribution < 1.29 is 4.74 Å². The molecule has 0 atom stereocenters. The van der Waals surface area contributed by atoms with Crippen LogP contribution in [0.25, 0.3) is 0 Å². The average Bonchev–Trinajstić information content (AvgIpc) is 2.34. The van der Waals surface area contributed by atoms with Crippen molar-refractivity contribution in [2.24, 2.45) is 0 Å². The Labute approximate surface area is 105 Å². The lowest BCUT2D eigenvalue weighted by Gasteiger charge is -2.13. The minimum absolute atomic E-state index is 0.560. The quantitative estimate of drug-likeness (QED) is 0.562. The Morgan fingerprint density at radius 2 is 2.06 bits per heavy atom. The van der Waals surface area contributed by atoms with E-state index in [0.717, 1.165) is 25.4 Å². The van der Waals surface area contributed by atoms with Gasteiger partial charge in [-0.1, -0.05) is 26.0 Å². The standard InChI is InChI=1S/C14H24N2O/c1-11(2)12-5-6-14(17-4)13(9-12)7-8-16-10-15-3/h5-6,9,11,15-16H,7-8,10H2,1-4H3. The summed E-state index contributed by atoms with van der Waals surface area (Å²) in [5.74, 6) is 1.55. The molecule has 3 heteroatoms. The highest BCUT2D eigenvalue weighted by Gasteiger charge is 2.06. The fourth-order valence-electron chi connectivity index (χ4n) is 1.79. The van der Waals surface area contributed by atoms with Gasteiger partial charge in [-0.15, -0.1) is 0 Å². The number of rotatable bonds is 7. The molecule has 0 amide bonds. The van der Waals surface area contributed by atoms with Crippen molar-refractivity contribution in [3.05, 3.63) is 29.3 Å². The van der Waals surface area contributed by atoms with Crippen molar-refractivity contribution in [1.82, 2.24) is 10.6 Å². The van der Waals surface area contributed by atoms with E-state index in [4.69, 9.17) is 4.74 Å². The molecule has 1 rings (SSSR count). The third kappa shape index (κ3) is 4.36. The van der Waals surface area contributed by atoms with Crippen LogP contribution in [0.4, 0.5) is 0 Å².